The van der Waals surface area contributed by atoms with Gasteiger partial charge >= 0.3 is 6.18 Å². The van der Waals surface area contributed by atoms with Crippen molar-refractivity contribution in [1.29, 1.82) is 0 Å². The van der Waals surface area contributed by atoms with E-state index in [0.717, 1.165) is 12.1 Å². The number of carbonyl (C=O) groups excluding carboxylic acids is 1. The number of hydrogen-bond donors (Lipinski definition) is 2. The second-order valence-corrected chi connectivity index (χ2v) is 5.15. The van der Waals surface area contributed by atoms with Gasteiger partial charge in [0, 0.05) is 26.4 Å². The lowest BCUT2D eigenvalue weighted by Gasteiger charge is -2.23. The summed E-state index contributed by atoms with van der Waals surface area (Å²) < 4.78 is 43.3. The van der Waals surface area contributed by atoms with Gasteiger partial charge < -0.3 is 15.4 Å². The van der Waals surface area contributed by atoms with Crippen molar-refractivity contribution in [3.8, 4) is 0 Å². The molecule has 0 bridgehead atoms. The number of methoxy groups -OCH3 is 1. The summed E-state index contributed by atoms with van der Waals surface area (Å²) in [5.41, 5.74) is -1.19. The zero-order chi connectivity index (χ0) is 16.3. The number of alkyl halides is 3. The normalized spacial score (nSPS) is 12.1. The Hall–Kier alpha value is -1.76. The van der Waals surface area contributed by atoms with Gasteiger partial charge in [-0.15, -0.1) is 0 Å². The van der Waals surface area contributed by atoms with Crippen LogP contribution in [0.4, 0.5) is 18.9 Å². The first kappa shape index (κ1) is 17.3. The molecule has 0 aliphatic carbocycles. The number of anilines is 1. The summed E-state index contributed by atoms with van der Waals surface area (Å²) in [6.07, 6.45) is -4.49. The Morgan fingerprint density at radius 3 is 2.38 bits per heavy atom. The van der Waals surface area contributed by atoms with E-state index in [0.29, 0.717) is 5.69 Å². The van der Waals surface area contributed by atoms with Crippen molar-refractivity contribution < 1.29 is 22.7 Å². The van der Waals surface area contributed by atoms with Gasteiger partial charge in [0.15, 0.2) is 0 Å². The molecule has 7 heteroatoms. The molecule has 4 nitrogen and oxygen atoms in total. The van der Waals surface area contributed by atoms with Gasteiger partial charge in [0.25, 0.3) is 5.91 Å². The Morgan fingerprint density at radius 2 is 1.90 bits per heavy atom. The third-order valence-corrected chi connectivity index (χ3v) is 3.09. The number of rotatable bonds is 5. The molecule has 0 heterocycles. The van der Waals surface area contributed by atoms with Gasteiger partial charge in [0.1, 0.15) is 0 Å². The van der Waals surface area contributed by atoms with Crippen LogP contribution in [0.15, 0.2) is 18.2 Å². The monoisotopic (exact) mass is 304 g/mol. The number of amides is 1. The van der Waals surface area contributed by atoms with E-state index in [-0.39, 0.29) is 12.1 Å². The largest absolute Gasteiger partial charge is 0.416 e. The quantitative estimate of drug-likeness (QED) is 0.879. The molecule has 1 rings (SSSR count). The average Bonchev–Trinajstić information content (AvgIpc) is 2.43. The van der Waals surface area contributed by atoms with Crippen LogP contribution < -0.4 is 10.6 Å². The molecule has 0 fully saturated rings. The molecule has 118 valence electrons. The fourth-order valence-corrected chi connectivity index (χ4v) is 1.59. The second-order valence-electron chi connectivity index (χ2n) is 5.15. The Labute approximate surface area is 121 Å². The topological polar surface area (TPSA) is 50.4 Å². The van der Waals surface area contributed by atoms with E-state index in [2.05, 4.69) is 10.6 Å². The fourth-order valence-electron chi connectivity index (χ4n) is 1.59. The summed E-state index contributed by atoms with van der Waals surface area (Å²) in [7, 11) is 3.04. The van der Waals surface area contributed by atoms with Crippen LogP contribution in [0, 0.1) is 0 Å². The van der Waals surface area contributed by atoms with E-state index in [1.165, 1.54) is 13.2 Å². The van der Waals surface area contributed by atoms with Crippen LogP contribution >= 0.6 is 0 Å². The van der Waals surface area contributed by atoms with Gasteiger partial charge in [-0.2, -0.15) is 13.2 Å². The van der Waals surface area contributed by atoms with Gasteiger partial charge in [-0.3, -0.25) is 4.79 Å². The standard InChI is InChI=1S/C14H19F3N2O2/c1-13(2,21-4)8-19-12(20)10-7-9(14(15,16)17)5-6-11(10)18-3/h5-7,18H,8H2,1-4H3,(H,19,20). The molecule has 1 amide bonds. The van der Waals surface area contributed by atoms with Crippen LogP contribution in [0.2, 0.25) is 0 Å². The van der Waals surface area contributed by atoms with Gasteiger partial charge in [0.2, 0.25) is 0 Å². The lowest BCUT2D eigenvalue weighted by molar-refractivity contribution is -0.137. The molecule has 0 aliphatic rings. The highest BCUT2D eigenvalue weighted by molar-refractivity contribution is 5.99. The number of ether oxygens (including phenoxy) is 1. The van der Waals surface area contributed by atoms with Crippen LogP contribution in [0.5, 0.6) is 0 Å². The maximum absolute atomic E-state index is 12.7. The molecule has 0 aliphatic heterocycles. The van der Waals surface area contributed by atoms with Gasteiger partial charge in [-0.05, 0) is 32.0 Å². The first-order valence-corrected chi connectivity index (χ1v) is 6.33. The molecule has 2 N–H and O–H groups in total. The van der Waals surface area contributed by atoms with Crippen molar-refractivity contribution in [2.24, 2.45) is 0 Å². The number of nitrogens with one attached hydrogen (secondary N) is 2. The minimum absolute atomic E-state index is 0.0563. The lowest BCUT2D eigenvalue weighted by atomic mass is 10.1. The maximum Gasteiger partial charge on any atom is 0.416 e. The average molecular weight is 304 g/mol. The first-order chi connectivity index (χ1) is 9.60. The minimum Gasteiger partial charge on any atom is -0.387 e. The molecule has 0 saturated carbocycles. The summed E-state index contributed by atoms with van der Waals surface area (Å²) in [5.74, 6) is -0.587. The second kappa shape index (κ2) is 6.34. The van der Waals surface area contributed by atoms with Crippen LogP contribution in [0.3, 0.4) is 0 Å². The molecule has 1 aromatic carbocycles. The smallest absolute Gasteiger partial charge is 0.387 e. The molecular formula is C14H19F3N2O2. The minimum atomic E-state index is -4.49. The van der Waals surface area contributed by atoms with Crippen LogP contribution in [-0.2, 0) is 10.9 Å². The summed E-state index contributed by atoms with van der Waals surface area (Å²) in [6.45, 7) is 3.71. The third kappa shape index (κ3) is 4.63. The van der Waals surface area contributed by atoms with E-state index in [1.807, 2.05) is 0 Å². The highest BCUT2D eigenvalue weighted by Gasteiger charge is 2.32. The Morgan fingerprint density at radius 1 is 1.29 bits per heavy atom. The first-order valence-electron chi connectivity index (χ1n) is 6.33. The predicted molar refractivity (Wildman–Crippen MR) is 74.4 cm³/mol. The molecule has 0 atom stereocenters. The summed E-state index contributed by atoms with van der Waals surface area (Å²) in [4.78, 5) is 12.1. The van der Waals surface area contributed by atoms with E-state index in [9.17, 15) is 18.0 Å². The highest BCUT2D eigenvalue weighted by Crippen LogP contribution is 2.31. The van der Waals surface area contributed by atoms with Crippen LogP contribution in [-0.4, -0.2) is 32.2 Å². The molecule has 0 radical (unpaired) electrons. The Kier molecular flexibility index (Phi) is 5.22. The number of halogens is 3. The zero-order valence-electron chi connectivity index (χ0n) is 12.4. The summed E-state index contributed by atoms with van der Waals surface area (Å²) in [5, 5.41) is 5.28. The molecule has 1 aromatic rings. The molecule has 0 spiro atoms. The van der Waals surface area contributed by atoms with Crippen molar-refractivity contribution in [2.45, 2.75) is 25.6 Å². The van der Waals surface area contributed by atoms with Crippen molar-refractivity contribution in [2.75, 3.05) is 26.0 Å². The van der Waals surface area contributed by atoms with Crippen LogP contribution in [0.1, 0.15) is 29.8 Å². The van der Waals surface area contributed by atoms with Crippen molar-refractivity contribution in [3.05, 3.63) is 29.3 Å². The molecular weight excluding hydrogens is 285 g/mol. The summed E-state index contributed by atoms with van der Waals surface area (Å²) >= 11 is 0. The SMILES string of the molecule is CNc1ccc(C(F)(F)F)cc1C(=O)NCC(C)(C)OC. The molecule has 0 unspecified atom stereocenters. The highest BCUT2D eigenvalue weighted by atomic mass is 19.4. The van der Waals surface area contributed by atoms with E-state index >= 15 is 0 Å². The van der Waals surface area contributed by atoms with Crippen molar-refractivity contribution in [1.82, 2.24) is 5.32 Å². The van der Waals surface area contributed by atoms with Crippen LogP contribution in [0.25, 0.3) is 0 Å². The predicted octanol–water partition coefficient (Wildman–Crippen LogP) is 2.90. The Balaban J connectivity index is 3.01. The molecule has 0 aromatic heterocycles. The Bertz CT molecular complexity index is 513. The number of hydrogen-bond acceptors (Lipinski definition) is 3. The fraction of sp³-hybridized carbons (Fsp3) is 0.500. The molecule has 0 saturated heterocycles. The third-order valence-electron chi connectivity index (χ3n) is 3.09. The lowest BCUT2D eigenvalue weighted by Crippen LogP contribution is -2.40. The number of carbonyl (C=O) groups is 1. The van der Waals surface area contributed by atoms with Crippen molar-refractivity contribution in [3.63, 3.8) is 0 Å². The van der Waals surface area contributed by atoms with Crippen molar-refractivity contribution >= 4 is 11.6 Å². The van der Waals surface area contributed by atoms with Gasteiger partial charge in [0.05, 0.1) is 16.7 Å². The van der Waals surface area contributed by atoms with E-state index < -0.39 is 23.2 Å². The molecule has 21 heavy (non-hydrogen) atoms. The van der Waals surface area contributed by atoms with E-state index in [4.69, 9.17) is 4.74 Å². The zero-order valence-corrected chi connectivity index (χ0v) is 12.4. The summed E-state index contributed by atoms with van der Waals surface area (Å²) in [6, 6.07) is 3.00. The van der Waals surface area contributed by atoms with Gasteiger partial charge in [-0.1, -0.05) is 0 Å². The maximum atomic E-state index is 12.7. The van der Waals surface area contributed by atoms with Gasteiger partial charge in [-0.25, -0.2) is 0 Å². The van der Waals surface area contributed by atoms with E-state index in [1.54, 1.807) is 20.9 Å². The number of benzene rings is 1.